The number of nitrogens with zero attached hydrogens (tertiary/aromatic N) is 4. The molecule has 2 N–H and O–H groups in total. The number of ether oxygens (including phenoxy) is 1. The molecule has 0 amide bonds. The quantitative estimate of drug-likeness (QED) is 0.347. The molecule has 0 atom stereocenters. The smallest absolute Gasteiger partial charge is 0.279 e. The van der Waals surface area contributed by atoms with Gasteiger partial charge in [-0.3, -0.25) is 14.3 Å². The molecule has 0 aromatic carbocycles. The van der Waals surface area contributed by atoms with Crippen LogP contribution < -0.4 is 15.6 Å². The molecule has 0 spiro atoms. The van der Waals surface area contributed by atoms with Crippen molar-refractivity contribution >= 4 is 16.8 Å². The van der Waals surface area contributed by atoms with E-state index in [4.69, 9.17) is 9.72 Å². The molecular weight excluding hydrogens is 432 g/mol. The highest BCUT2D eigenvalue weighted by molar-refractivity contribution is 5.95. The number of hydrogen-bond donors (Lipinski definition) is 2. The molecule has 182 valence electrons. The third-order valence-electron chi connectivity index (χ3n) is 6.49. The highest BCUT2D eigenvalue weighted by atomic mass is 16.5. The van der Waals surface area contributed by atoms with Gasteiger partial charge in [0.05, 0.1) is 17.9 Å². The number of H-pyrrole nitrogens is 1. The van der Waals surface area contributed by atoms with Crippen LogP contribution >= 0.6 is 0 Å². The predicted octanol–water partition coefficient (Wildman–Crippen LogP) is 3.52. The number of aromatic nitrogens is 5. The first-order valence-electron chi connectivity index (χ1n) is 12.4. The van der Waals surface area contributed by atoms with E-state index in [-0.39, 0.29) is 11.3 Å². The third-order valence-corrected chi connectivity index (χ3v) is 6.49. The summed E-state index contributed by atoms with van der Waals surface area (Å²) < 4.78 is 7.82. The molecule has 1 aliphatic rings. The largest absolute Gasteiger partial charge is 0.477 e. The molecule has 3 aromatic rings. The van der Waals surface area contributed by atoms with Gasteiger partial charge in [-0.25, -0.2) is 9.97 Å². The summed E-state index contributed by atoms with van der Waals surface area (Å²) in [4.78, 5) is 37.0. The molecule has 1 saturated heterocycles. The van der Waals surface area contributed by atoms with Crippen LogP contribution in [0, 0.1) is 5.92 Å². The van der Waals surface area contributed by atoms with Crippen molar-refractivity contribution < 1.29 is 9.53 Å². The van der Waals surface area contributed by atoms with Gasteiger partial charge in [0.2, 0.25) is 5.88 Å². The average molecular weight is 467 g/mol. The van der Waals surface area contributed by atoms with Gasteiger partial charge in [0.1, 0.15) is 11.3 Å². The normalized spacial score (nSPS) is 14.6. The number of nitrogens with one attached hydrogen (secondary N) is 2. The first-order chi connectivity index (χ1) is 16.5. The fourth-order valence-corrected chi connectivity index (χ4v) is 4.44. The molecular formula is C25H34N6O3. The second-order valence-electron chi connectivity index (χ2n) is 8.95. The van der Waals surface area contributed by atoms with Crippen LogP contribution in [0.3, 0.4) is 0 Å². The zero-order valence-electron chi connectivity index (χ0n) is 20.3. The number of piperidine rings is 1. The van der Waals surface area contributed by atoms with Gasteiger partial charge in [-0.1, -0.05) is 20.3 Å². The minimum atomic E-state index is -0.303. The van der Waals surface area contributed by atoms with Crippen LogP contribution in [0.5, 0.6) is 5.88 Å². The number of carbonyl (C=O) groups excluding carboxylic acids is 1. The number of unbranched alkanes of at least 4 members (excludes halogenated alkanes) is 1. The summed E-state index contributed by atoms with van der Waals surface area (Å²) in [6, 6.07) is 1.69. The zero-order valence-corrected chi connectivity index (χ0v) is 20.3. The summed E-state index contributed by atoms with van der Waals surface area (Å²) in [6.45, 7) is 9.01. The maximum Gasteiger partial charge on any atom is 0.279 e. The van der Waals surface area contributed by atoms with Crippen molar-refractivity contribution in [3.8, 4) is 17.3 Å². The van der Waals surface area contributed by atoms with E-state index in [1.54, 1.807) is 6.07 Å². The van der Waals surface area contributed by atoms with Crippen LogP contribution in [0.15, 0.2) is 17.1 Å². The highest BCUT2D eigenvalue weighted by Crippen LogP contribution is 2.28. The Balaban J connectivity index is 1.73. The van der Waals surface area contributed by atoms with Crippen LogP contribution in [0.25, 0.3) is 22.4 Å². The maximum atomic E-state index is 13.0. The Hall–Kier alpha value is -3.07. The standard InChI is InChI=1S/C25H34N6O3/c1-4-6-13-34-25-19(14-18(15-27-25)16(3)32)23-28-21-20(5-2)31(30-22(21)24(33)29-23)12-9-17-7-10-26-11-8-17/h14-15,17,26H,4-13H2,1-3H3,(H,28,29,33). The lowest BCUT2D eigenvalue weighted by atomic mass is 9.95. The minimum Gasteiger partial charge on any atom is -0.477 e. The van der Waals surface area contributed by atoms with Gasteiger partial charge in [-0.2, -0.15) is 5.10 Å². The van der Waals surface area contributed by atoms with Crippen molar-refractivity contribution in [2.45, 2.75) is 65.8 Å². The third kappa shape index (κ3) is 5.19. The molecule has 1 aliphatic heterocycles. The molecule has 0 unspecified atom stereocenters. The van der Waals surface area contributed by atoms with Gasteiger partial charge in [-0.05, 0) is 64.1 Å². The summed E-state index contributed by atoms with van der Waals surface area (Å²) in [5, 5.41) is 8.03. The molecule has 0 saturated carbocycles. The molecule has 34 heavy (non-hydrogen) atoms. The number of aryl methyl sites for hydroxylation is 2. The first-order valence-corrected chi connectivity index (χ1v) is 12.4. The van der Waals surface area contributed by atoms with E-state index in [9.17, 15) is 9.59 Å². The summed E-state index contributed by atoms with van der Waals surface area (Å²) in [7, 11) is 0. The monoisotopic (exact) mass is 466 g/mol. The number of ketones is 1. The van der Waals surface area contributed by atoms with E-state index in [2.05, 4.69) is 34.2 Å². The Morgan fingerprint density at radius 3 is 2.74 bits per heavy atom. The number of aromatic amines is 1. The lowest BCUT2D eigenvalue weighted by Gasteiger charge is -2.22. The molecule has 4 heterocycles. The summed E-state index contributed by atoms with van der Waals surface area (Å²) >= 11 is 0. The van der Waals surface area contributed by atoms with E-state index < -0.39 is 0 Å². The SMILES string of the molecule is CCCCOc1ncc(C(C)=O)cc1-c1nc2c(CC)n(CCC3CCNCC3)nc2c(=O)[nH]1. The maximum absolute atomic E-state index is 13.0. The van der Waals surface area contributed by atoms with Gasteiger partial charge in [0.25, 0.3) is 5.56 Å². The molecule has 9 nitrogen and oxygen atoms in total. The molecule has 9 heteroatoms. The predicted molar refractivity (Wildman–Crippen MR) is 131 cm³/mol. The summed E-state index contributed by atoms with van der Waals surface area (Å²) in [5.74, 6) is 1.25. The molecule has 4 rings (SSSR count). The van der Waals surface area contributed by atoms with E-state index in [0.29, 0.717) is 52.8 Å². The molecule has 0 bridgehead atoms. The van der Waals surface area contributed by atoms with Crippen molar-refractivity contribution in [1.82, 2.24) is 30.0 Å². The number of Topliss-reactive ketones (excluding diaryl/α,β-unsaturated/α-hetero) is 1. The number of hydrogen-bond acceptors (Lipinski definition) is 7. The Kier molecular flexibility index (Phi) is 7.72. The molecule has 0 aliphatic carbocycles. The van der Waals surface area contributed by atoms with Crippen LogP contribution in [0.1, 0.15) is 68.9 Å². The lowest BCUT2D eigenvalue weighted by Crippen LogP contribution is -2.28. The Morgan fingerprint density at radius 1 is 1.24 bits per heavy atom. The van der Waals surface area contributed by atoms with Gasteiger partial charge in [0, 0.05) is 18.3 Å². The second kappa shape index (κ2) is 10.9. The van der Waals surface area contributed by atoms with E-state index in [0.717, 1.165) is 44.6 Å². The van der Waals surface area contributed by atoms with E-state index in [1.165, 1.54) is 26.0 Å². The number of fused-ring (bicyclic) bond motifs is 1. The van der Waals surface area contributed by atoms with Crippen molar-refractivity contribution in [3.05, 3.63) is 33.9 Å². The Morgan fingerprint density at radius 2 is 2.03 bits per heavy atom. The van der Waals surface area contributed by atoms with Gasteiger partial charge >= 0.3 is 0 Å². The lowest BCUT2D eigenvalue weighted by molar-refractivity contribution is 0.101. The topological polar surface area (TPSA) is 115 Å². The van der Waals surface area contributed by atoms with Crippen molar-refractivity contribution in [1.29, 1.82) is 0 Å². The first kappa shape index (κ1) is 24.1. The fraction of sp³-hybridized carbons (Fsp3) is 0.560. The minimum absolute atomic E-state index is 0.114. The summed E-state index contributed by atoms with van der Waals surface area (Å²) in [5.41, 5.74) is 2.53. The number of rotatable bonds is 10. The fourth-order valence-electron chi connectivity index (χ4n) is 4.44. The number of carbonyl (C=O) groups is 1. The highest BCUT2D eigenvalue weighted by Gasteiger charge is 2.21. The average Bonchev–Trinajstić information content (AvgIpc) is 3.21. The molecule has 3 aromatic heterocycles. The summed E-state index contributed by atoms with van der Waals surface area (Å²) in [6.07, 6.45) is 7.45. The van der Waals surface area contributed by atoms with Gasteiger partial charge in [-0.15, -0.1) is 0 Å². The van der Waals surface area contributed by atoms with Gasteiger partial charge in [0.15, 0.2) is 11.3 Å². The molecule has 1 fully saturated rings. The Labute approximate surface area is 199 Å². The number of pyridine rings is 1. The zero-order chi connectivity index (χ0) is 24.1. The van der Waals surface area contributed by atoms with Gasteiger partial charge < -0.3 is 15.0 Å². The van der Waals surface area contributed by atoms with Crippen LogP contribution in [-0.4, -0.2) is 50.2 Å². The Bertz CT molecular complexity index is 1210. The van der Waals surface area contributed by atoms with E-state index in [1.807, 2.05) is 4.68 Å². The van der Waals surface area contributed by atoms with Crippen molar-refractivity contribution in [3.63, 3.8) is 0 Å². The molecule has 0 radical (unpaired) electrons. The van der Waals surface area contributed by atoms with Crippen molar-refractivity contribution in [2.75, 3.05) is 19.7 Å². The van der Waals surface area contributed by atoms with Crippen LogP contribution in [-0.2, 0) is 13.0 Å². The van der Waals surface area contributed by atoms with Crippen LogP contribution in [0.2, 0.25) is 0 Å². The van der Waals surface area contributed by atoms with Crippen molar-refractivity contribution in [2.24, 2.45) is 5.92 Å². The second-order valence-corrected chi connectivity index (χ2v) is 8.95. The van der Waals surface area contributed by atoms with E-state index >= 15 is 0 Å². The van der Waals surface area contributed by atoms with Crippen LogP contribution in [0.4, 0.5) is 0 Å².